The van der Waals surface area contributed by atoms with Crippen LogP contribution in [0.1, 0.15) is 58.1 Å². The van der Waals surface area contributed by atoms with Crippen molar-refractivity contribution in [3.63, 3.8) is 0 Å². The van der Waals surface area contributed by atoms with E-state index in [-0.39, 0.29) is 0 Å². The van der Waals surface area contributed by atoms with E-state index < -0.39 is 0 Å². The number of benzene rings is 1. The second-order valence-electron chi connectivity index (χ2n) is 6.38. The van der Waals surface area contributed by atoms with Gasteiger partial charge in [-0.05, 0) is 35.4 Å². The van der Waals surface area contributed by atoms with Crippen LogP contribution in [-0.4, -0.2) is 6.54 Å². The maximum Gasteiger partial charge on any atom is 0.0205 e. The van der Waals surface area contributed by atoms with Crippen LogP contribution in [0.4, 0.5) is 0 Å². The number of hydrogen-bond acceptors (Lipinski definition) is 1. The van der Waals surface area contributed by atoms with Crippen molar-refractivity contribution in [1.82, 2.24) is 5.32 Å². The van der Waals surface area contributed by atoms with E-state index in [1.807, 2.05) is 0 Å². The van der Waals surface area contributed by atoms with Crippen molar-refractivity contribution >= 4 is 0 Å². The van der Waals surface area contributed by atoms with Gasteiger partial charge in [-0.3, -0.25) is 0 Å². The fourth-order valence-electron chi connectivity index (χ4n) is 1.72. The highest BCUT2D eigenvalue weighted by Gasteiger charge is 2.08. The van der Waals surface area contributed by atoms with Crippen LogP contribution in [0, 0.1) is 5.41 Å². The van der Waals surface area contributed by atoms with Gasteiger partial charge in [-0.15, -0.1) is 0 Å². The van der Waals surface area contributed by atoms with Crippen molar-refractivity contribution in [3.05, 3.63) is 35.4 Å². The molecule has 1 rings (SSSR count). The Kier molecular flexibility index (Phi) is 5.20. The Morgan fingerprint density at radius 2 is 1.65 bits per heavy atom. The van der Waals surface area contributed by atoms with Crippen LogP contribution in [-0.2, 0) is 6.54 Å². The van der Waals surface area contributed by atoms with E-state index in [4.69, 9.17) is 0 Å². The van der Waals surface area contributed by atoms with E-state index in [9.17, 15) is 0 Å². The molecule has 0 radical (unpaired) electrons. The molecule has 1 heteroatoms. The standard InChI is InChI=1S/C16H27N/c1-13(2)15-8-6-14(7-9-15)12-17-11-10-16(3,4)5/h6-9,13,17H,10-12H2,1-5H3. The third-order valence-corrected chi connectivity index (χ3v) is 3.03. The lowest BCUT2D eigenvalue weighted by Gasteiger charge is -2.18. The molecule has 0 aliphatic rings. The van der Waals surface area contributed by atoms with Crippen molar-refractivity contribution in [3.8, 4) is 0 Å². The number of nitrogens with one attached hydrogen (secondary N) is 1. The molecule has 0 spiro atoms. The van der Waals surface area contributed by atoms with Gasteiger partial charge in [0.15, 0.2) is 0 Å². The van der Waals surface area contributed by atoms with Crippen LogP contribution in [0.15, 0.2) is 24.3 Å². The van der Waals surface area contributed by atoms with Crippen molar-refractivity contribution in [2.75, 3.05) is 6.54 Å². The molecule has 96 valence electrons. The highest BCUT2D eigenvalue weighted by atomic mass is 14.8. The molecule has 1 nitrogen and oxygen atoms in total. The summed E-state index contributed by atoms with van der Waals surface area (Å²) in [6.45, 7) is 13.4. The Morgan fingerprint density at radius 3 is 2.12 bits per heavy atom. The monoisotopic (exact) mass is 233 g/mol. The van der Waals surface area contributed by atoms with Crippen LogP contribution in [0.3, 0.4) is 0 Å². The zero-order chi connectivity index (χ0) is 12.9. The first-order valence-corrected chi connectivity index (χ1v) is 6.68. The van der Waals surface area contributed by atoms with Gasteiger partial charge in [0, 0.05) is 6.54 Å². The predicted molar refractivity (Wildman–Crippen MR) is 76.3 cm³/mol. The third-order valence-electron chi connectivity index (χ3n) is 3.03. The molecule has 1 N–H and O–H groups in total. The minimum atomic E-state index is 0.425. The summed E-state index contributed by atoms with van der Waals surface area (Å²) in [5, 5.41) is 3.51. The second-order valence-corrected chi connectivity index (χ2v) is 6.38. The van der Waals surface area contributed by atoms with Gasteiger partial charge in [0.05, 0.1) is 0 Å². The average molecular weight is 233 g/mol. The van der Waals surface area contributed by atoms with Crippen LogP contribution in [0.25, 0.3) is 0 Å². The molecule has 0 heterocycles. The molecule has 1 aromatic rings. The molecule has 0 fully saturated rings. The number of hydrogen-bond donors (Lipinski definition) is 1. The molecule has 0 bridgehead atoms. The summed E-state index contributed by atoms with van der Waals surface area (Å²) in [5.41, 5.74) is 3.22. The van der Waals surface area contributed by atoms with E-state index >= 15 is 0 Å². The van der Waals surface area contributed by atoms with Crippen molar-refractivity contribution < 1.29 is 0 Å². The molecular weight excluding hydrogens is 206 g/mol. The summed E-state index contributed by atoms with van der Waals surface area (Å²) in [6, 6.07) is 8.95. The molecule has 0 aliphatic carbocycles. The Bertz CT molecular complexity index is 316. The highest BCUT2D eigenvalue weighted by molar-refractivity contribution is 5.24. The van der Waals surface area contributed by atoms with Gasteiger partial charge in [0.25, 0.3) is 0 Å². The molecule has 0 unspecified atom stereocenters. The maximum absolute atomic E-state index is 3.51. The minimum absolute atomic E-state index is 0.425. The zero-order valence-electron chi connectivity index (χ0n) is 12.0. The summed E-state index contributed by atoms with van der Waals surface area (Å²) in [4.78, 5) is 0. The first-order valence-electron chi connectivity index (χ1n) is 6.68. The summed E-state index contributed by atoms with van der Waals surface area (Å²) in [7, 11) is 0. The Balaban J connectivity index is 2.33. The first-order chi connectivity index (χ1) is 7.88. The Morgan fingerprint density at radius 1 is 1.06 bits per heavy atom. The maximum atomic E-state index is 3.51. The van der Waals surface area contributed by atoms with E-state index in [1.165, 1.54) is 17.5 Å². The van der Waals surface area contributed by atoms with E-state index in [1.54, 1.807) is 0 Å². The fourth-order valence-corrected chi connectivity index (χ4v) is 1.72. The molecule has 0 saturated heterocycles. The summed E-state index contributed by atoms with van der Waals surface area (Å²) in [5.74, 6) is 0.623. The molecule has 0 amide bonds. The van der Waals surface area contributed by atoms with Gasteiger partial charge in [0.2, 0.25) is 0 Å². The average Bonchev–Trinajstić information content (AvgIpc) is 2.24. The van der Waals surface area contributed by atoms with Gasteiger partial charge < -0.3 is 5.32 Å². The number of rotatable bonds is 5. The smallest absolute Gasteiger partial charge is 0.0205 e. The van der Waals surface area contributed by atoms with Gasteiger partial charge in [-0.1, -0.05) is 58.9 Å². The minimum Gasteiger partial charge on any atom is -0.313 e. The Hall–Kier alpha value is -0.820. The molecule has 0 aliphatic heterocycles. The Labute approximate surface area is 107 Å². The molecule has 1 aromatic carbocycles. The van der Waals surface area contributed by atoms with Gasteiger partial charge in [-0.25, -0.2) is 0 Å². The highest BCUT2D eigenvalue weighted by Crippen LogP contribution is 2.17. The first kappa shape index (κ1) is 14.2. The zero-order valence-corrected chi connectivity index (χ0v) is 12.0. The van der Waals surface area contributed by atoms with Gasteiger partial charge in [-0.2, -0.15) is 0 Å². The predicted octanol–water partition coefficient (Wildman–Crippen LogP) is 4.34. The quantitative estimate of drug-likeness (QED) is 0.746. The summed E-state index contributed by atoms with van der Waals surface area (Å²) < 4.78 is 0. The SMILES string of the molecule is CC(C)c1ccc(CNCCC(C)(C)C)cc1. The molecule has 0 aromatic heterocycles. The van der Waals surface area contributed by atoms with Crippen LogP contribution < -0.4 is 5.32 Å². The topological polar surface area (TPSA) is 12.0 Å². The van der Waals surface area contributed by atoms with Crippen LogP contribution in [0.5, 0.6) is 0 Å². The van der Waals surface area contributed by atoms with Gasteiger partial charge in [0.1, 0.15) is 0 Å². The van der Waals surface area contributed by atoms with E-state index in [0.29, 0.717) is 11.3 Å². The fraction of sp³-hybridized carbons (Fsp3) is 0.625. The second kappa shape index (κ2) is 6.20. The van der Waals surface area contributed by atoms with Crippen molar-refractivity contribution in [2.24, 2.45) is 5.41 Å². The van der Waals surface area contributed by atoms with Crippen molar-refractivity contribution in [2.45, 2.75) is 53.5 Å². The van der Waals surface area contributed by atoms with E-state index in [0.717, 1.165) is 13.1 Å². The molecule has 17 heavy (non-hydrogen) atoms. The van der Waals surface area contributed by atoms with Crippen LogP contribution >= 0.6 is 0 Å². The largest absolute Gasteiger partial charge is 0.313 e. The lowest BCUT2D eigenvalue weighted by atomic mass is 9.92. The van der Waals surface area contributed by atoms with Crippen molar-refractivity contribution in [1.29, 1.82) is 0 Å². The molecule has 0 saturated carbocycles. The summed E-state index contributed by atoms with van der Waals surface area (Å²) in [6.07, 6.45) is 1.22. The lowest BCUT2D eigenvalue weighted by Crippen LogP contribution is -2.20. The lowest BCUT2D eigenvalue weighted by molar-refractivity contribution is 0.366. The van der Waals surface area contributed by atoms with Crippen LogP contribution in [0.2, 0.25) is 0 Å². The molecule has 0 atom stereocenters. The van der Waals surface area contributed by atoms with Gasteiger partial charge >= 0.3 is 0 Å². The third kappa shape index (κ3) is 5.88. The summed E-state index contributed by atoms with van der Waals surface area (Å²) >= 11 is 0. The molecular formula is C16H27N. The normalized spacial score (nSPS) is 12.1. The van der Waals surface area contributed by atoms with E-state index in [2.05, 4.69) is 64.2 Å².